The molecule has 2 aromatic heterocycles. The quantitative estimate of drug-likeness (QED) is 0.477. The predicted octanol–water partition coefficient (Wildman–Crippen LogP) is 4.04. The standard InChI is InChI=1S/C25H26N2O4S2/c1-5-12-30-18-10-8-17(9-11-18)14-20-23(28)27-22(19-7-6-13-32-19)21(24(29)31-15(2)3)16(4)26-25(27)33-20/h6-11,13-15,22H,5,12H2,1-4H3/b20-14+/t22-/m1/s1. The van der Waals surface area contributed by atoms with Gasteiger partial charge >= 0.3 is 5.97 Å². The second-order valence-corrected chi connectivity index (χ2v) is 9.96. The molecule has 0 spiro atoms. The molecule has 0 N–H and O–H groups in total. The van der Waals surface area contributed by atoms with Crippen LogP contribution in [0.2, 0.25) is 0 Å². The number of thiophene rings is 1. The number of ether oxygens (including phenoxy) is 2. The Morgan fingerprint density at radius 2 is 2.00 bits per heavy atom. The average Bonchev–Trinajstić information content (AvgIpc) is 3.40. The second-order valence-electron chi connectivity index (χ2n) is 7.97. The van der Waals surface area contributed by atoms with Crippen LogP contribution in [0.15, 0.2) is 62.8 Å². The van der Waals surface area contributed by atoms with Crippen molar-refractivity contribution in [1.82, 2.24) is 4.57 Å². The molecule has 4 rings (SSSR count). The molecule has 1 aromatic carbocycles. The maximum Gasteiger partial charge on any atom is 0.338 e. The lowest BCUT2D eigenvalue weighted by atomic mass is 10.0. The summed E-state index contributed by atoms with van der Waals surface area (Å²) >= 11 is 2.82. The maximum atomic E-state index is 13.5. The lowest BCUT2D eigenvalue weighted by Gasteiger charge is -2.24. The lowest BCUT2D eigenvalue weighted by molar-refractivity contribution is -0.143. The Bertz CT molecular complexity index is 1350. The summed E-state index contributed by atoms with van der Waals surface area (Å²) in [6, 6.07) is 10.9. The van der Waals surface area contributed by atoms with Crippen LogP contribution >= 0.6 is 22.7 Å². The smallest absolute Gasteiger partial charge is 0.338 e. The van der Waals surface area contributed by atoms with E-state index in [1.54, 1.807) is 11.5 Å². The number of allylic oxidation sites excluding steroid dienone is 1. The summed E-state index contributed by atoms with van der Waals surface area (Å²) in [5.41, 5.74) is 1.70. The van der Waals surface area contributed by atoms with E-state index in [0.717, 1.165) is 22.6 Å². The van der Waals surface area contributed by atoms with Gasteiger partial charge < -0.3 is 9.47 Å². The lowest BCUT2D eigenvalue weighted by Crippen LogP contribution is -2.39. The van der Waals surface area contributed by atoms with E-state index >= 15 is 0 Å². The van der Waals surface area contributed by atoms with Gasteiger partial charge in [0.2, 0.25) is 0 Å². The summed E-state index contributed by atoms with van der Waals surface area (Å²) in [4.78, 5) is 32.6. The van der Waals surface area contributed by atoms with Crippen LogP contribution in [0.3, 0.4) is 0 Å². The first-order chi connectivity index (χ1) is 15.9. The minimum Gasteiger partial charge on any atom is -0.494 e. The molecule has 0 amide bonds. The topological polar surface area (TPSA) is 69.9 Å². The van der Waals surface area contributed by atoms with Gasteiger partial charge in [-0.05, 0) is 62.4 Å². The minimum atomic E-state index is -0.556. The van der Waals surface area contributed by atoms with E-state index in [-0.39, 0.29) is 11.7 Å². The molecule has 3 heterocycles. The number of hydrogen-bond acceptors (Lipinski definition) is 7. The van der Waals surface area contributed by atoms with Crippen molar-refractivity contribution in [2.24, 2.45) is 4.99 Å². The number of benzene rings is 1. The second kappa shape index (κ2) is 9.89. The molecular weight excluding hydrogens is 456 g/mol. The number of fused-ring (bicyclic) bond motifs is 1. The molecule has 0 saturated carbocycles. The van der Waals surface area contributed by atoms with Crippen LogP contribution in [0.5, 0.6) is 5.75 Å². The van der Waals surface area contributed by atoms with Crippen molar-refractivity contribution < 1.29 is 14.3 Å². The van der Waals surface area contributed by atoms with Crippen molar-refractivity contribution in [2.45, 2.75) is 46.3 Å². The van der Waals surface area contributed by atoms with E-state index in [1.165, 1.54) is 22.7 Å². The van der Waals surface area contributed by atoms with Crippen molar-refractivity contribution in [3.63, 3.8) is 0 Å². The van der Waals surface area contributed by atoms with E-state index in [0.29, 0.717) is 27.2 Å². The van der Waals surface area contributed by atoms with Crippen LogP contribution in [0.1, 0.15) is 50.6 Å². The fourth-order valence-electron chi connectivity index (χ4n) is 3.61. The Morgan fingerprint density at radius 3 is 2.64 bits per heavy atom. The largest absolute Gasteiger partial charge is 0.494 e. The summed E-state index contributed by atoms with van der Waals surface area (Å²) in [7, 11) is 0. The van der Waals surface area contributed by atoms with Gasteiger partial charge in [0, 0.05) is 4.88 Å². The highest BCUT2D eigenvalue weighted by molar-refractivity contribution is 7.10. The van der Waals surface area contributed by atoms with Crippen LogP contribution < -0.4 is 19.6 Å². The highest BCUT2D eigenvalue weighted by Crippen LogP contribution is 2.33. The van der Waals surface area contributed by atoms with Gasteiger partial charge in [-0.15, -0.1) is 11.3 Å². The number of thiazole rings is 1. The van der Waals surface area contributed by atoms with Gasteiger partial charge in [-0.1, -0.05) is 36.5 Å². The van der Waals surface area contributed by atoms with Gasteiger partial charge in [0.1, 0.15) is 11.8 Å². The van der Waals surface area contributed by atoms with Gasteiger partial charge in [0.25, 0.3) is 5.56 Å². The molecule has 6 nitrogen and oxygen atoms in total. The van der Waals surface area contributed by atoms with Gasteiger partial charge in [0.05, 0.1) is 28.5 Å². The monoisotopic (exact) mass is 482 g/mol. The third-order valence-corrected chi connectivity index (χ3v) is 6.96. The maximum absolute atomic E-state index is 13.5. The molecule has 3 aromatic rings. The first kappa shape index (κ1) is 23.2. The van der Waals surface area contributed by atoms with Crippen LogP contribution in [0.4, 0.5) is 0 Å². The molecule has 0 saturated heterocycles. The molecule has 0 bridgehead atoms. The first-order valence-corrected chi connectivity index (χ1v) is 12.6. The zero-order chi connectivity index (χ0) is 23.5. The van der Waals surface area contributed by atoms with Crippen LogP contribution in [-0.2, 0) is 9.53 Å². The van der Waals surface area contributed by atoms with Gasteiger partial charge in [-0.2, -0.15) is 0 Å². The highest BCUT2D eigenvalue weighted by Gasteiger charge is 2.34. The molecule has 0 radical (unpaired) electrons. The van der Waals surface area contributed by atoms with E-state index in [1.807, 2.05) is 61.7 Å². The number of hydrogen-bond donors (Lipinski definition) is 0. The zero-order valence-corrected chi connectivity index (χ0v) is 20.7. The highest BCUT2D eigenvalue weighted by atomic mass is 32.1. The molecule has 0 unspecified atom stereocenters. The Kier molecular flexibility index (Phi) is 6.95. The van der Waals surface area contributed by atoms with Gasteiger partial charge in [0.15, 0.2) is 4.80 Å². The molecular formula is C25H26N2O4S2. The van der Waals surface area contributed by atoms with Crippen molar-refractivity contribution in [1.29, 1.82) is 0 Å². The molecule has 1 atom stereocenters. The number of rotatable bonds is 7. The molecule has 0 fully saturated rings. The van der Waals surface area contributed by atoms with Crippen LogP contribution in [0, 0.1) is 0 Å². The predicted molar refractivity (Wildman–Crippen MR) is 132 cm³/mol. The third-order valence-electron chi connectivity index (χ3n) is 5.05. The Hall–Kier alpha value is -2.97. The number of esters is 1. The summed E-state index contributed by atoms with van der Waals surface area (Å²) in [6.45, 7) is 8.14. The normalized spacial score (nSPS) is 16.0. The molecule has 33 heavy (non-hydrogen) atoms. The molecule has 172 valence electrons. The first-order valence-electron chi connectivity index (χ1n) is 10.9. The fraction of sp³-hybridized carbons (Fsp3) is 0.320. The van der Waals surface area contributed by atoms with Crippen molar-refractivity contribution in [2.75, 3.05) is 6.61 Å². The summed E-state index contributed by atoms with van der Waals surface area (Å²) in [5, 5.41) is 1.94. The van der Waals surface area contributed by atoms with Crippen LogP contribution in [0.25, 0.3) is 6.08 Å². The van der Waals surface area contributed by atoms with E-state index < -0.39 is 12.0 Å². The number of aromatic nitrogens is 1. The van der Waals surface area contributed by atoms with Gasteiger partial charge in [-0.3, -0.25) is 9.36 Å². The fourth-order valence-corrected chi connectivity index (χ4v) is 5.48. The van der Waals surface area contributed by atoms with Crippen molar-refractivity contribution >= 4 is 34.7 Å². The number of carbonyl (C=O) groups is 1. The average molecular weight is 483 g/mol. The van der Waals surface area contributed by atoms with Crippen molar-refractivity contribution in [3.05, 3.63) is 83.2 Å². The Balaban J connectivity index is 1.80. The third kappa shape index (κ3) is 4.86. The minimum absolute atomic E-state index is 0.175. The van der Waals surface area contributed by atoms with Gasteiger partial charge in [-0.25, -0.2) is 9.79 Å². The number of carbonyl (C=O) groups excluding carboxylic acids is 1. The Labute approximate surface area is 200 Å². The van der Waals surface area contributed by atoms with Crippen LogP contribution in [-0.4, -0.2) is 23.2 Å². The molecule has 0 aliphatic carbocycles. The summed E-state index contributed by atoms with van der Waals surface area (Å²) in [6.07, 6.45) is 2.53. The number of nitrogens with zero attached hydrogens (tertiary/aromatic N) is 2. The summed E-state index contributed by atoms with van der Waals surface area (Å²) < 4.78 is 13.3. The SMILES string of the molecule is CCCOc1ccc(/C=c2/sc3n(c2=O)[C@H](c2cccs2)C(C(=O)OC(C)C)=C(C)N=3)cc1. The van der Waals surface area contributed by atoms with E-state index in [4.69, 9.17) is 9.47 Å². The molecule has 1 aliphatic heterocycles. The Morgan fingerprint density at radius 1 is 1.24 bits per heavy atom. The van der Waals surface area contributed by atoms with E-state index in [2.05, 4.69) is 11.9 Å². The van der Waals surface area contributed by atoms with Crippen molar-refractivity contribution in [3.8, 4) is 5.75 Å². The van der Waals surface area contributed by atoms with E-state index in [9.17, 15) is 9.59 Å². The zero-order valence-electron chi connectivity index (χ0n) is 19.0. The summed E-state index contributed by atoms with van der Waals surface area (Å²) in [5.74, 6) is 0.360. The molecule has 1 aliphatic rings. The molecule has 8 heteroatoms.